The van der Waals surface area contributed by atoms with Crippen LogP contribution in [0.25, 0.3) is 0 Å². The van der Waals surface area contributed by atoms with E-state index in [1.165, 1.54) is 0 Å². The van der Waals surface area contributed by atoms with Crippen LogP contribution in [-0.2, 0) is 0 Å². The van der Waals surface area contributed by atoms with E-state index in [-0.39, 0.29) is 10.7 Å². The minimum Gasteiger partial charge on any atom is -0.366 e. The van der Waals surface area contributed by atoms with Crippen LogP contribution in [0, 0.1) is 16.0 Å². The van der Waals surface area contributed by atoms with Crippen LogP contribution in [0.15, 0.2) is 18.2 Å². The lowest BCUT2D eigenvalue weighted by atomic mass is 10.1. The second-order valence-corrected chi connectivity index (χ2v) is 4.61. The maximum absolute atomic E-state index is 11.0. The molecule has 1 heterocycles. The van der Waals surface area contributed by atoms with E-state index in [0.717, 1.165) is 19.5 Å². The second-order valence-electron chi connectivity index (χ2n) is 4.20. The number of benzene rings is 1. The molecule has 5 nitrogen and oxygen atoms in total. The highest BCUT2D eigenvalue weighted by Crippen LogP contribution is 2.37. The van der Waals surface area contributed by atoms with E-state index in [2.05, 4.69) is 0 Å². The third kappa shape index (κ3) is 2.35. The summed E-state index contributed by atoms with van der Waals surface area (Å²) in [4.78, 5) is 12.6. The molecule has 1 aromatic carbocycles. The molecule has 0 radical (unpaired) electrons. The summed E-state index contributed by atoms with van der Waals surface area (Å²) in [6, 6.07) is 5.02. The number of nitrogens with two attached hydrogens (primary N) is 1. The molecule has 1 aromatic rings. The third-order valence-electron chi connectivity index (χ3n) is 3.11. The average Bonchev–Trinajstić information content (AvgIpc) is 2.76. The van der Waals surface area contributed by atoms with Gasteiger partial charge in [-0.1, -0.05) is 17.7 Å². The van der Waals surface area contributed by atoms with Crippen molar-refractivity contribution in [3.8, 4) is 0 Å². The highest BCUT2D eigenvalue weighted by atomic mass is 35.5. The number of halogens is 1. The van der Waals surface area contributed by atoms with Gasteiger partial charge in [-0.2, -0.15) is 0 Å². The minimum atomic E-state index is -0.423. The third-order valence-corrected chi connectivity index (χ3v) is 3.41. The Morgan fingerprint density at radius 2 is 2.35 bits per heavy atom. The Hall–Kier alpha value is -1.33. The Morgan fingerprint density at radius 1 is 1.59 bits per heavy atom. The SMILES string of the molecule is NCC1CCN(c2cccc(Cl)c2[N+](=O)[O-])C1. The van der Waals surface area contributed by atoms with Crippen molar-refractivity contribution in [3.63, 3.8) is 0 Å². The monoisotopic (exact) mass is 255 g/mol. The van der Waals surface area contributed by atoms with Gasteiger partial charge >= 0.3 is 5.69 Å². The Morgan fingerprint density at radius 3 is 2.94 bits per heavy atom. The van der Waals surface area contributed by atoms with Crippen LogP contribution in [0.2, 0.25) is 5.02 Å². The van der Waals surface area contributed by atoms with Crippen LogP contribution < -0.4 is 10.6 Å². The summed E-state index contributed by atoms with van der Waals surface area (Å²) in [5.74, 6) is 0.411. The fourth-order valence-corrected chi connectivity index (χ4v) is 2.42. The zero-order valence-electron chi connectivity index (χ0n) is 9.30. The molecule has 0 aromatic heterocycles. The first-order valence-electron chi connectivity index (χ1n) is 5.51. The van der Waals surface area contributed by atoms with Crippen LogP contribution in [0.5, 0.6) is 0 Å². The second kappa shape index (κ2) is 4.89. The van der Waals surface area contributed by atoms with E-state index in [4.69, 9.17) is 17.3 Å². The van der Waals surface area contributed by atoms with Crippen LogP contribution in [0.3, 0.4) is 0 Å². The van der Waals surface area contributed by atoms with Crippen molar-refractivity contribution in [2.75, 3.05) is 24.5 Å². The Kier molecular flexibility index (Phi) is 3.49. The molecular formula is C11H14ClN3O2. The maximum Gasteiger partial charge on any atom is 0.310 e. The Bertz CT molecular complexity index is 439. The van der Waals surface area contributed by atoms with Gasteiger partial charge in [0.15, 0.2) is 0 Å². The minimum absolute atomic E-state index is 0.00756. The highest BCUT2D eigenvalue weighted by molar-refractivity contribution is 6.33. The number of nitrogens with zero attached hydrogens (tertiary/aromatic N) is 2. The smallest absolute Gasteiger partial charge is 0.310 e. The van der Waals surface area contributed by atoms with Gasteiger partial charge in [0, 0.05) is 13.1 Å². The molecule has 17 heavy (non-hydrogen) atoms. The number of rotatable bonds is 3. The van der Waals surface area contributed by atoms with Crippen molar-refractivity contribution in [1.29, 1.82) is 0 Å². The molecular weight excluding hydrogens is 242 g/mol. The van der Waals surface area contributed by atoms with Gasteiger partial charge in [0.25, 0.3) is 0 Å². The largest absolute Gasteiger partial charge is 0.366 e. The van der Waals surface area contributed by atoms with Gasteiger partial charge in [-0.25, -0.2) is 0 Å². The first-order chi connectivity index (χ1) is 8.13. The van der Waals surface area contributed by atoms with E-state index < -0.39 is 4.92 Å². The molecule has 0 amide bonds. The van der Waals surface area contributed by atoms with Gasteiger partial charge in [-0.05, 0) is 31.0 Å². The van der Waals surface area contributed by atoms with Crippen molar-refractivity contribution < 1.29 is 4.92 Å². The molecule has 0 saturated carbocycles. The lowest BCUT2D eigenvalue weighted by Crippen LogP contribution is -2.23. The number of nitro benzene ring substituents is 1. The van der Waals surface area contributed by atoms with E-state index in [1.54, 1.807) is 18.2 Å². The fourth-order valence-electron chi connectivity index (χ4n) is 2.18. The van der Waals surface area contributed by atoms with E-state index in [0.29, 0.717) is 18.2 Å². The molecule has 1 aliphatic rings. The molecule has 1 saturated heterocycles. The molecule has 0 aliphatic carbocycles. The molecule has 2 N–H and O–H groups in total. The number of hydrogen-bond acceptors (Lipinski definition) is 4. The Balaban J connectivity index is 2.33. The van der Waals surface area contributed by atoms with Gasteiger partial charge in [0.2, 0.25) is 0 Å². The summed E-state index contributed by atoms with van der Waals surface area (Å²) in [5.41, 5.74) is 6.20. The molecule has 2 rings (SSSR count). The molecule has 1 unspecified atom stereocenters. The number of nitro groups is 1. The highest BCUT2D eigenvalue weighted by Gasteiger charge is 2.28. The summed E-state index contributed by atoms with van der Waals surface area (Å²) >= 11 is 5.88. The molecule has 6 heteroatoms. The lowest BCUT2D eigenvalue weighted by Gasteiger charge is -2.18. The standard InChI is InChI=1S/C11H14ClN3O2/c12-9-2-1-3-10(11(9)15(16)17)14-5-4-8(6-13)7-14/h1-3,8H,4-7,13H2. The quantitative estimate of drug-likeness (QED) is 0.663. The molecule has 0 bridgehead atoms. The van der Waals surface area contributed by atoms with Gasteiger partial charge in [-0.3, -0.25) is 10.1 Å². The molecule has 1 aliphatic heterocycles. The predicted octanol–water partition coefficient (Wildman–Crippen LogP) is 2.03. The molecule has 92 valence electrons. The van der Waals surface area contributed by atoms with Gasteiger partial charge in [-0.15, -0.1) is 0 Å². The number of hydrogen-bond donors (Lipinski definition) is 1. The average molecular weight is 256 g/mol. The van der Waals surface area contributed by atoms with Crippen LogP contribution in [0.4, 0.5) is 11.4 Å². The predicted molar refractivity (Wildman–Crippen MR) is 67.5 cm³/mol. The summed E-state index contributed by atoms with van der Waals surface area (Å²) in [7, 11) is 0. The summed E-state index contributed by atoms with van der Waals surface area (Å²) in [5, 5.41) is 11.2. The zero-order valence-corrected chi connectivity index (χ0v) is 10.1. The van der Waals surface area contributed by atoms with E-state index in [1.807, 2.05) is 4.90 Å². The van der Waals surface area contributed by atoms with Crippen LogP contribution in [-0.4, -0.2) is 24.6 Å². The van der Waals surface area contributed by atoms with E-state index in [9.17, 15) is 10.1 Å². The van der Waals surface area contributed by atoms with Crippen molar-refractivity contribution in [2.24, 2.45) is 11.7 Å². The summed E-state index contributed by atoms with van der Waals surface area (Å²) in [6.07, 6.45) is 0.972. The molecule has 0 spiro atoms. The summed E-state index contributed by atoms with van der Waals surface area (Å²) in [6.45, 7) is 2.17. The molecule has 1 atom stereocenters. The van der Waals surface area contributed by atoms with Crippen molar-refractivity contribution in [3.05, 3.63) is 33.3 Å². The van der Waals surface area contributed by atoms with Crippen molar-refractivity contribution in [2.45, 2.75) is 6.42 Å². The topological polar surface area (TPSA) is 72.4 Å². The first kappa shape index (κ1) is 12.1. The maximum atomic E-state index is 11.0. The van der Waals surface area contributed by atoms with Crippen molar-refractivity contribution in [1.82, 2.24) is 0 Å². The van der Waals surface area contributed by atoms with Gasteiger partial charge < -0.3 is 10.6 Å². The number of para-hydroxylation sites is 1. The van der Waals surface area contributed by atoms with Crippen LogP contribution in [0.1, 0.15) is 6.42 Å². The Labute approximate surface area is 104 Å². The van der Waals surface area contributed by atoms with Gasteiger partial charge in [0.1, 0.15) is 10.7 Å². The number of anilines is 1. The fraction of sp³-hybridized carbons (Fsp3) is 0.455. The lowest BCUT2D eigenvalue weighted by molar-refractivity contribution is -0.384. The normalized spacial score (nSPS) is 19.6. The molecule has 1 fully saturated rings. The zero-order chi connectivity index (χ0) is 12.4. The first-order valence-corrected chi connectivity index (χ1v) is 5.89. The summed E-state index contributed by atoms with van der Waals surface area (Å²) < 4.78 is 0. The van der Waals surface area contributed by atoms with E-state index >= 15 is 0 Å². The van der Waals surface area contributed by atoms with Crippen LogP contribution >= 0.6 is 11.6 Å². The van der Waals surface area contributed by atoms with Crippen molar-refractivity contribution >= 4 is 23.0 Å². The van der Waals surface area contributed by atoms with Gasteiger partial charge in [0.05, 0.1) is 4.92 Å².